The maximum absolute atomic E-state index is 5.03. The van der Waals surface area contributed by atoms with Gasteiger partial charge in [0.25, 0.3) is 0 Å². The van der Waals surface area contributed by atoms with Gasteiger partial charge < -0.3 is 10.6 Å². The van der Waals surface area contributed by atoms with Gasteiger partial charge in [0.15, 0.2) is 0 Å². The van der Waals surface area contributed by atoms with Crippen molar-refractivity contribution in [3.05, 3.63) is 60.2 Å². The normalized spacial score (nSPS) is 20.3. The second kappa shape index (κ2) is 6.21. The zero-order chi connectivity index (χ0) is 17.3. The molecule has 0 amide bonds. The standard InChI is InChI=1S/C22H27N3/c1-21(2)12-14-22(15-13-21)20(23-16-17-8-4-3-5-9-17)24-18-10-6-7-11-19(18)25-22/h3-11,25H,12-16H2,1-2H3,(H,23,24). The second-order valence-electron chi connectivity index (χ2n) is 8.19. The third kappa shape index (κ3) is 3.28. The van der Waals surface area contributed by atoms with E-state index in [1.165, 1.54) is 18.4 Å². The molecule has 130 valence electrons. The zero-order valence-corrected chi connectivity index (χ0v) is 15.2. The summed E-state index contributed by atoms with van der Waals surface area (Å²) in [6.07, 6.45) is 4.67. The summed E-state index contributed by atoms with van der Waals surface area (Å²) < 4.78 is 0. The largest absolute Gasteiger partial charge is 0.371 e. The molecular formula is C22H27N3. The summed E-state index contributed by atoms with van der Waals surface area (Å²) in [6.45, 7) is 5.57. The van der Waals surface area contributed by atoms with Crippen LogP contribution in [-0.2, 0) is 6.54 Å². The van der Waals surface area contributed by atoms with Crippen molar-refractivity contribution in [3.63, 3.8) is 0 Å². The van der Waals surface area contributed by atoms with E-state index in [2.05, 4.69) is 79.1 Å². The van der Waals surface area contributed by atoms with Gasteiger partial charge in [-0.3, -0.25) is 0 Å². The Morgan fingerprint density at radius 3 is 2.36 bits per heavy atom. The van der Waals surface area contributed by atoms with Gasteiger partial charge in [0.1, 0.15) is 5.84 Å². The Balaban J connectivity index is 1.63. The summed E-state index contributed by atoms with van der Waals surface area (Å²) in [7, 11) is 0. The van der Waals surface area contributed by atoms with Crippen molar-refractivity contribution in [3.8, 4) is 0 Å². The van der Waals surface area contributed by atoms with E-state index in [0.717, 1.165) is 36.6 Å². The van der Waals surface area contributed by atoms with Crippen LogP contribution in [0.15, 0.2) is 59.6 Å². The van der Waals surface area contributed by atoms with E-state index < -0.39 is 0 Å². The first-order chi connectivity index (χ1) is 12.1. The van der Waals surface area contributed by atoms with Crippen molar-refractivity contribution in [2.24, 2.45) is 10.4 Å². The predicted molar refractivity (Wildman–Crippen MR) is 105 cm³/mol. The molecule has 1 saturated carbocycles. The van der Waals surface area contributed by atoms with Crippen LogP contribution >= 0.6 is 0 Å². The molecule has 1 spiro atoms. The zero-order valence-electron chi connectivity index (χ0n) is 15.2. The van der Waals surface area contributed by atoms with Crippen LogP contribution in [0.2, 0.25) is 0 Å². The monoisotopic (exact) mass is 333 g/mol. The molecule has 4 rings (SSSR count). The van der Waals surface area contributed by atoms with Crippen molar-refractivity contribution in [1.82, 2.24) is 5.32 Å². The minimum atomic E-state index is -0.0569. The maximum Gasteiger partial charge on any atom is 0.128 e. The van der Waals surface area contributed by atoms with Crippen LogP contribution in [0.25, 0.3) is 0 Å². The number of hydrogen-bond donors (Lipinski definition) is 2. The van der Waals surface area contributed by atoms with Crippen LogP contribution in [0.3, 0.4) is 0 Å². The van der Waals surface area contributed by atoms with Crippen molar-refractivity contribution in [2.45, 2.75) is 51.6 Å². The molecule has 1 aliphatic carbocycles. The lowest BCUT2D eigenvalue weighted by molar-refractivity contribution is 0.209. The van der Waals surface area contributed by atoms with Crippen LogP contribution in [0.5, 0.6) is 0 Å². The Morgan fingerprint density at radius 2 is 1.60 bits per heavy atom. The highest BCUT2D eigenvalue weighted by Crippen LogP contribution is 2.45. The van der Waals surface area contributed by atoms with Crippen molar-refractivity contribution in [2.75, 3.05) is 5.32 Å². The number of para-hydroxylation sites is 2. The van der Waals surface area contributed by atoms with Gasteiger partial charge in [0.05, 0.1) is 16.9 Å². The fourth-order valence-corrected chi connectivity index (χ4v) is 3.93. The Labute approximate surface area is 150 Å². The molecule has 0 aromatic heterocycles. The van der Waals surface area contributed by atoms with Gasteiger partial charge in [0.2, 0.25) is 0 Å². The van der Waals surface area contributed by atoms with Gasteiger partial charge >= 0.3 is 0 Å². The molecule has 0 radical (unpaired) electrons. The van der Waals surface area contributed by atoms with E-state index in [1.807, 2.05) is 0 Å². The number of nitrogens with zero attached hydrogens (tertiary/aromatic N) is 1. The molecule has 2 aromatic carbocycles. The lowest BCUT2D eigenvalue weighted by atomic mass is 9.68. The van der Waals surface area contributed by atoms with Crippen molar-refractivity contribution < 1.29 is 0 Å². The second-order valence-corrected chi connectivity index (χ2v) is 8.19. The van der Waals surface area contributed by atoms with Crippen molar-refractivity contribution >= 4 is 17.2 Å². The predicted octanol–water partition coefficient (Wildman–Crippen LogP) is 5.27. The first kappa shape index (κ1) is 16.2. The van der Waals surface area contributed by atoms with Gasteiger partial charge in [-0.2, -0.15) is 0 Å². The molecule has 1 aliphatic heterocycles. The lowest BCUT2D eigenvalue weighted by Crippen LogP contribution is -2.56. The van der Waals surface area contributed by atoms with E-state index in [1.54, 1.807) is 0 Å². The van der Waals surface area contributed by atoms with E-state index in [-0.39, 0.29) is 5.54 Å². The fraction of sp³-hybridized carbons (Fsp3) is 0.409. The molecule has 3 heteroatoms. The number of hydrogen-bond acceptors (Lipinski definition) is 3. The number of amidine groups is 1. The minimum Gasteiger partial charge on any atom is -0.371 e. The molecule has 2 aromatic rings. The molecule has 0 unspecified atom stereocenters. The minimum absolute atomic E-state index is 0.0569. The molecule has 25 heavy (non-hydrogen) atoms. The van der Waals surface area contributed by atoms with Crippen LogP contribution in [0, 0.1) is 5.41 Å². The molecule has 0 bridgehead atoms. The summed E-state index contributed by atoms with van der Waals surface area (Å²) in [5, 5.41) is 7.50. The smallest absolute Gasteiger partial charge is 0.128 e. The summed E-state index contributed by atoms with van der Waals surface area (Å²) in [5.74, 6) is 1.10. The van der Waals surface area contributed by atoms with Crippen LogP contribution in [0.4, 0.5) is 11.4 Å². The molecule has 2 aliphatic rings. The van der Waals surface area contributed by atoms with E-state index >= 15 is 0 Å². The highest BCUT2D eigenvalue weighted by Gasteiger charge is 2.44. The molecule has 1 heterocycles. The maximum atomic E-state index is 5.03. The van der Waals surface area contributed by atoms with Crippen LogP contribution in [-0.4, -0.2) is 11.4 Å². The van der Waals surface area contributed by atoms with E-state index in [0.29, 0.717) is 5.41 Å². The molecule has 0 atom stereocenters. The van der Waals surface area contributed by atoms with E-state index in [4.69, 9.17) is 4.99 Å². The Morgan fingerprint density at radius 1 is 0.920 bits per heavy atom. The summed E-state index contributed by atoms with van der Waals surface area (Å²) in [5.41, 5.74) is 3.85. The average Bonchev–Trinajstić information content (AvgIpc) is 2.63. The summed E-state index contributed by atoms with van der Waals surface area (Å²) in [4.78, 5) is 5.03. The van der Waals surface area contributed by atoms with Gasteiger partial charge in [-0.25, -0.2) is 4.99 Å². The molecule has 2 N–H and O–H groups in total. The third-order valence-corrected chi connectivity index (χ3v) is 5.72. The first-order valence-corrected chi connectivity index (χ1v) is 9.31. The molecule has 1 fully saturated rings. The van der Waals surface area contributed by atoms with Gasteiger partial charge in [-0.1, -0.05) is 56.3 Å². The summed E-state index contributed by atoms with van der Waals surface area (Å²) >= 11 is 0. The molecule has 0 saturated heterocycles. The third-order valence-electron chi connectivity index (χ3n) is 5.72. The number of fused-ring (bicyclic) bond motifs is 1. The van der Waals surface area contributed by atoms with Gasteiger partial charge in [-0.05, 0) is 48.8 Å². The fourth-order valence-electron chi connectivity index (χ4n) is 3.93. The molecular weight excluding hydrogens is 306 g/mol. The molecule has 3 nitrogen and oxygen atoms in total. The number of nitrogens with one attached hydrogen (secondary N) is 2. The van der Waals surface area contributed by atoms with Gasteiger partial charge in [-0.15, -0.1) is 0 Å². The highest BCUT2D eigenvalue weighted by atomic mass is 15.2. The number of benzene rings is 2. The van der Waals surface area contributed by atoms with Crippen LogP contribution < -0.4 is 10.6 Å². The number of rotatable bonds is 2. The highest BCUT2D eigenvalue weighted by molar-refractivity contribution is 6.00. The lowest BCUT2D eigenvalue weighted by Gasteiger charge is -2.47. The SMILES string of the molecule is CC1(C)CCC2(CC1)Nc1ccccc1N=C2NCc1ccccc1. The van der Waals surface area contributed by atoms with E-state index in [9.17, 15) is 0 Å². The average molecular weight is 333 g/mol. The first-order valence-electron chi connectivity index (χ1n) is 9.31. The number of anilines is 1. The van der Waals surface area contributed by atoms with Crippen LogP contribution in [0.1, 0.15) is 45.1 Å². The van der Waals surface area contributed by atoms with Crippen molar-refractivity contribution in [1.29, 1.82) is 0 Å². The van der Waals surface area contributed by atoms with Gasteiger partial charge in [0, 0.05) is 6.54 Å². The Hall–Kier alpha value is -2.29. The Bertz CT molecular complexity index is 767. The summed E-state index contributed by atoms with van der Waals surface area (Å²) in [6, 6.07) is 18.9. The Kier molecular flexibility index (Phi) is 4.03. The number of aliphatic imine (C=N–C) groups is 1. The topological polar surface area (TPSA) is 36.4 Å². The quantitative estimate of drug-likeness (QED) is 0.785.